The summed E-state index contributed by atoms with van der Waals surface area (Å²) in [6.07, 6.45) is 0.457. The van der Waals surface area contributed by atoms with E-state index in [4.69, 9.17) is 9.84 Å². The van der Waals surface area contributed by atoms with Crippen molar-refractivity contribution in [3.63, 3.8) is 0 Å². The van der Waals surface area contributed by atoms with Gasteiger partial charge in [-0.3, -0.25) is 9.59 Å². The lowest BCUT2D eigenvalue weighted by molar-refractivity contribution is -0.133. The predicted octanol–water partition coefficient (Wildman–Crippen LogP) is 3.27. The maximum absolute atomic E-state index is 12.5. The molecule has 0 unspecified atom stereocenters. The number of carbonyl (C=O) groups is 2. The van der Waals surface area contributed by atoms with Gasteiger partial charge >= 0.3 is 5.97 Å². The summed E-state index contributed by atoms with van der Waals surface area (Å²) in [5.74, 6) is -0.534. The molecule has 0 radical (unpaired) electrons. The fraction of sp³-hybridized carbons (Fsp3) is 0.158. The Labute approximate surface area is 160 Å². The number of amides is 1. The number of methoxy groups -OCH3 is 1. The Kier molecular flexibility index (Phi) is 5.87. The second-order valence-electron chi connectivity index (χ2n) is 5.67. The summed E-state index contributed by atoms with van der Waals surface area (Å²) in [5, 5.41) is 20.4. The number of nitrogens with zero attached hydrogens (tertiary/aromatic N) is 2. The van der Waals surface area contributed by atoms with Gasteiger partial charge in [-0.25, -0.2) is 0 Å². The van der Waals surface area contributed by atoms with Crippen LogP contribution in [-0.4, -0.2) is 40.6 Å². The SMILES string of the molecule is COc1cccc(NC(=O)c2cccc(C3=NN=C(SCC(=O)O)C3)c2)c1. The summed E-state index contributed by atoms with van der Waals surface area (Å²) < 4.78 is 5.15. The molecule has 27 heavy (non-hydrogen) atoms. The lowest BCUT2D eigenvalue weighted by Gasteiger charge is -2.08. The van der Waals surface area contributed by atoms with Crippen molar-refractivity contribution in [2.24, 2.45) is 10.2 Å². The minimum Gasteiger partial charge on any atom is -0.497 e. The van der Waals surface area contributed by atoms with E-state index in [9.17, 15) is 9.59 Å². The van der Waals surface area contributed by atoms with Gasteiger partial charge < -0.3 is 15.2 Å². The van der Waals surface area contributed by atoms with Crippen LogP contribution in [0.15, 0.2) is 58.7 Å². The number of aliphatic carboxylic acids is 1. The Bertz CT molecular complexity index is 940. The van der Waals surface area contributed by atoms with E-state index in [-0.39, 0.29) is 11.7 Å². The minimum absolute atomic E-state index is 0.0510. The number of anilines is 1. The summed E-state index contributed by atoms with van der Waals surface area (Å²) in [4.78, 5) is 23.2. The number of nitrogens with one attached hydrogen (secondary N) is 1. The Hall–Kier alpha value is -3.13. The molecule has 1 heterocycles. The van der Waals surface area contributed by atoms with E-state index in [1.165, 1.54) is 0 Å². The Morgan fingerprint density at radius 2 is 2.00 bits per heavy atom. The molecule has 1 amide bonds. The molecule has 0 bridgehead atoms. The van der Waals surface area contributed by atoms with Crippen LogP contribution in [-0.2, 0) is 4.79 Å². The van der Waals surface area contributed by atoms with Crippen molar-refractivity contribution in [2.45, 2.75) is 6.42 Å². The highest BCUT2D eigenvalue weighted by Gasteiger charge is 2.17. The van der Waals surface area contributed by atoms with Crippen molar-refractivity contribution in [1.82, 2.24) is 0 Å². The second-order valence-corrected chi connectivity index (χ2v) is 6.72. The summed E-state index contributed by atoms with van der Waals surface area (Å²) in [6, 6.07) is 14.2. The molecule has 3 rings (SSSR count). The summed E-state index contributed by atoms with van der Waals surface area (Å²) in [5.41, 5.74) is 2.62. The van der Waals surface area contributed by atoms with Crippen LogP contribution < -0.4 is 10.1 Å². The van der Waals surface area contributed by atoms with E-state index < -0.39 is 5.97 Å². The first-order chi connectivity index (χ1) is 13.0. The summed E-state index contributed by atoms with van der Waals surface area (Å²) in [6.45, 7) is 0. The number of carbonyl (C=O) groups excluding carboxylic acids is 1. The molecule has 2 N–H and O–H groups in total. The van der Waals surface area contributed by atoms with Crippen molar-refractivity contribution < 1.29 is 19.4 Å². The molecule has 2 aromatic rings. The van der Waals surface area contributed by atoms with Crippen LogP contribution in [0.1, 0.15) is 22.3 Å². The van der Waals surface area contributed by atoms with Gasteiger partial charge in [0.15, 0.2) is 0 Å². The molecule has 8 heteroatoms. The standard InChI is InChI=1S/C19H17N3O4S/c1-26-15-7-3-6-14(9-15)20-19(25)13-5-2-4-12(8-13)16-10-17(22-21-16)27-11-18(23)24/h2-9H,10-11H2,1H3,(H,20,25)(H,23,24). The van der Waals surface area contributed by atoms with Crippen LogP contribution in [0.5, 0.6) is 5.75 Å². The largest absolute Gasteiger partial charge is 0.497 e. The highest BCUT2D eigenvalue weighted by Crippen LogP contribution is 2.21. The molecule has 0 fully saturated rings. The van der Waals surface area contributed by atoms with Gasteiger partial charge in [-0.2, -0.15) is 5.10 Å². The van der Waals surface area contributed by atoms with E-state index in [1.54, 1.807) is 49.6 Å². The fourth-order valence-electron chi connectivity index (χ4n) is 2.46. The van der Waals surface area contributed by atoms with E-state index >= 15 is 0 Å². The highest BCUT2D eigenvalue weighted by molar-refractivity contribution is 8.14. The van der Waals surface area contributed by atoms with Gasteiger partial charge in [-0.15, -0.1) is 5.10 Å². The number of carboxylic acid groups (broad SMARTS) is 1. The zero-order chi connectivity index (χ0) is 19.2. The quantitative estimate of drug-likeness (QED) is 0.797. The van der Waals surface area contributed by atoms with Crippen LogP contribution in [0.4, 0.5) is 5.69 Å². The molecule has 0 saturated carbocycles. The van der Waals surface area contributed by atoms with Crippen molar-refractivity contribution in [3.05, 3.63) is 59.7 Å². The third-order valence-corrected chi connectivity index (χ3v) is 4.70. The first-order valence-corrected chi connectivity index (χ1v) is 9.07. The summed E-state index contributed by atoms with van der Waals surface area (Å²) >= 11 is 1.15. The molecular formula is C19H17N3O4S. The highest BCUT2D eigenvalue weighted by atomic mass is 32.2. The van der Waals surface area contributed by atoms with Gasteiger partial charge in [0.1, 0.15) is 10.8 Å². The Morgan fingerprint density at radius 3 is 2.78 bits per heavy atom. The van der Waals surface area contributed by atoms with Gasteiger partial charge in [0.05, 0.1) is 18.6 Å². The maximum atomic E-state index is 12.5. The monoisotopic (exact) mass is 383 g/mol. The second kappa shape index (κ2) is 8.50. The van der Waals surface area contributed by atoms with Gasteiger partial charge in [-0.1, -0.05) is 30.0 Å². The van der Waals surface area contributed by atoms with Crippen molar-refractivity contribution in [3.8, 4) is 5.75 Å². The lowest BCUT2D eigenvalue weighted by atomic mass is 10.0. The molecular weight excluding hydrogens is 366 g/mol. The molecule has 0 aliphatic carbocycles. The van der Waals surface area contributed by atoms with E-state index in [0.29, 0.717) is 34.2 Å². The molecule has 0 aromatic heterocycles. The first-order valence-electron chi connectivity index (χ1n) is 8.09. The third-order valence-electron chi connectivity index (χ3n) is 3.75. The number of thioether (sulfide) groups is 1. The molecule has 0 atom stereocenters. The van der Waals surface area contributed by atoms with Crippen LogP contribution in [0.25, 0.3) is 0 Å². The van der Waals surface area contributed by atoms with Gasteiger partial charge in [0.25, 0.3) is 5.91 Å². The summed E-state index contributed by atoms with van der Waals surface area (Å²) in [7, 11) is 1.57. The molecule has 1 aliphatic heterocycles. The van der Waals surface area contributed by atoms with Crippen molar-refractivity contribution >= 4 is 40.1 Å². The molecule has 138 valence electrons. The number of hydrogen-bond acceptors (Lipinski definition) is 6. The normalized spacial score (nSPS) is 12.9. The van der Waals surface area contributed by atoms with Crippen molar-refractivity contribution in [2.75, 3.05) is 18.2 Å². The zero-order valence-electron chi connectivity index (χ0n) is 14.5. The van der Waals surface area contributed by atoms with Crippen LogP contribution in [0, 0.1) is 0 Å². The predicted molar refractivity (Wildman–Crippen MR) is 106 cm³/mol. The third kappa shape index (κ3) is 4.95. The zero-order valence-corrected chi connectivity index (χ0v) is 15.3. The lowest BCUT2D eigenvalue weighted by Crippen LogP contribution is -2.13. The number of rotatable bonds is 6. The van der Waals surface area contributed by atoms with Crippen LogP contribution in [0.2, 0.25) is 0 Å². The average Bonchev–Trinajstić information content (AvgIpc) is 3.16. The number of ether oxygens (including phenoxy) is 1. The van der Waals surface area contributed by atoms with Gasteiger partial charge in [0.2, 0.25) is 0 Å². The average molecular weight is 383 g/mol. The van der Waals surface area contributed by atoms with E-state index in [2.05, 4.69) is 15.5 Å². The molecule has 1 aliphatic rings. The van der Waals surface area contributed by atoms with Crippen molar-refractivity contribution in [1.29, 1.82) is 0 Å². The van der Waals surface area contributed by atoms with E-state index in [1.807, 2.05) is 6.07 Å². The smallest absolute Gasteiger partial charge is 0.313 e. The first kappa shape index (κ1) is 18.7. The van der Waals surface area contributed by atoms with Crippen LogP contribution >= 0.6 is 11.8 Å². The number of benzene rings is 2. The van der Waals surface area contributed by atoms with E-state index in [0.717, 1.165) is 17.3 Å². The maximum Gasteiger partial charge on any atom is 0.313 e. The Morgan fingerprint density at radius 1 is 1.19 bits per heavy atom. The molecule has 7 nitrogen and oxygen atoms in total. The Balaban J connectivity index is 1.67. The number of carboxylic acids is 1. The topological polar surface area (TPSA) is 100 Å². The molecule has 0 spiro atoms. The van der Waals surface area contributed by atoms with Crippen LogP contribution in [0.3, 0.4) is 0 Å². The van der Waals surface area contributed by atoms with Gasteiger partial charge in [0, 0.05) is 23.7 Å². The van der Waals surface area contributed by atoms with Gasteiger partial charge in [-0.05, 0) is 29.8 Å². The number of hydrogen-bond donors (Lipinski definition) is 2. The molecule has 2 aromatic carbocycles. The molecule has 0 saturated heterocycles. The minimum atomic E-state index is -0.896. The fourth-order valence-corrected chi connectivity index (χ4v) is 3.09.